The van der Waals surface area contributed by atoms with Crippen molar-refractivity contribution >= 4 is 11.6 Å². The van der Waals surface area contributed by atoms with Gasteiger partial charge in [-0.1, -0.05) is 42.5 Å². The Balaban J connectivity index is 1.78. The van der Waals surface area contributed by atoms with E-state index >= 15 is 0 Å². The van der Waals surface area contributed by atoms with Crippen LogP contribution in [0.1, 0.15) is 21.6 Å². The van der Waals surface area contributed by atoms with Crippen LogP contribution in [0.3, 0.4) is 0 Å². The average molecular weight is 331 g/mol. The number of nitrogens with two attached hydrogens (primary N) is 1. The number of carbonyl (C=O) groups is 1. The van der Waals surface area contributed by atoms with E-state index in [1.807, 2.05) is 67.6 Å². The number of para-hydroxylation sites is 1. The van der Waals surface area contributed by atoms with Gasteiger partial charge in [0.15, 0.2) is 0 Å². The number of benzene rings is 2. The predicted octanol–water partition coefficient (Wildman–Crippen LogP) is 3.61. The Hall–Kier alpha value is -3.14. The highest BCUT2D eigenvalue weighted by atomic mass is 16.1. The van der Waals surface area contributed by atoms with Gasteiger partial charge in [-0.15, -0.1) is 0 Å². The quantitative estimate of drug-likeness (QED) is 0.702. The molecule has 4 nitrogen and oxygen atoms in total. The number of hydrogen-bond donors (Lipinski definition) is 2. The van der Waals surface area contributed by atoms with E-state index in [1.54, 1.807) is 6.20 Å². The van der Waals surface area contributed by atoms with Gasteiger partial charge in [0.1, 0.15) is 0 Å². The molecule has 0 spiro atoms. The fourth-order valence-electron chi connectivity index (χ4n) is 2.78. The summed E-state index contributed by atoms with van der Waals surface area (Å²) in [6.45, 7) is 2.50. The molecule has 0 saturated heterocycles. The molecule has 0 aliphatic heterocycles. The molecule has 2 aromatic carbocycles. The smallest absolute Gasteiger partial charge is 0.251 e. The molecule has 1 amide bonds. The van der Waals surface area contributed by atoms with Crippen molar-refractivity contribution in [2.45, 2.75) is 13.3 Å². The molecule has 0 atom stereocenters. The number of aryl methyl sites for hydroxylation is 1. The minimum absolute atomic E-state index is 0.104. The maximum Gasteiger partial charge on any atom is 0.251 e. The van der Waals surface area contributed by atoms with Crippen LogP contribution in [-0.2, 0) is 6.42 Å². The molecule has 3 aromatic rings. The maximum atomic E-state index is 12.7. The van der Waals surface area contributed by atoms with Crippen LogP contribution < -0.4 is 11.1 Å². The molecule has 0 aliphatic carbocycles. The van der Waals surface area contributed by atoms with Gasteiger partial charge in [0, 0.05) is 41.7 Å². The molecule has 0 radical (unpaired) electrons. The van der Waals surface area contributed by atoms with Gasteiger partial charge in [0.05, 0.1) is 0 Å². The first-order valence-corrected chi connectivity index (χ1v) is 8.29. The molecule has 0 aliphatic rings. The maximum absolute atomic E-state index is 12.7. The highest BCUT2D eigenvalue weighted by molar-refractivity contribution is 6.02. The Labute approximate surface area is 147 Å². The Kier molecular flexibility index (Phi) is 5.09. The number of pyridine rings is 1. The standard InChI is InChI=1S/C21H21N3O/c1-15-7-6-11-18(20(15)22)17-9-2-3-10-19(17)21(25)24-14-12-16-8-4-5-13-23-16/h2-11,13H,12,14,22H2,1H3,(H,24,25). The van der Waals surface area contributed by atoms with Crippen molar-refractivity contribution in [1.82, 2.24) is 10.3 Å². The fraction of sp³-hybridized carbons (Fsp3) is 0.143. The van der Waals surface area contributed by atoms with E-state index in [-0.39, 0.29) is 5.91 Å². The first-order chi connectivity index (χ1) is 12.2. The molecule has 0 bridgehead atoms. The molecule has 126 valence electrons. The summed E-state index contributed by atoms with van der Waals surface area (Å²) in [4.78, 5) is 16.9. The van der Waals surface area contributed by atoms with E-state index in [1.165, 1.54) is 0 Å². The summed E-state index contributed by atoms with van der Waals surface area (Å²) < 4.78 is 0. The van der Waals surface area contributed by atoms with Crippen LogP contribution in [0, 0.1) is 6.92 Å². The molecule has 0 saturated carbocycles. The SMILES string of the molecule is Cc1cccc(-c2ccccc2C(=O)NCCc2ccccn2)c1N. The lowest BCUT2D eigenvalue weighted by Gasteiger charge is -2.13. The molecule has 0 fully saturated rings. The summed E-state index contributed by atoms with van der Waals surface area (Å²) in [7, 11) is 0. The number of carbonyl (C=O) groups excluding carboxylic acids is 1. The number of nitrogen functional groups attached to an aromatic ring is 1. The second-order valence-corrected chi connectivity index (χ2v) is 5.91. The number of nitrogens with zero attached hydrogens (tertiary/aromatic N) is 1. The largest absolute Gasteiger partial charge is 0.398 e. The lowest BCUT2D eigenvalue weighted by molar-refractivity contribution is 0.0954. The third-order valence-electron chi connectivity index (χ3n) is 4.18. The van der Waals surface area contributed by atoms with E-state index in [0.29, 0.717) is 24.2 Å². The van der Waals surface area contributed by atoms with Crippen molar-refractivity contribution < 1.29 is 4.79 Å². The number of anilines is 1. The van der Waals surface area contributed by atoms with Gasteiger partial charge < -0.3 is 11.1 Å². The van der Waals surface area contributed by atoms with Crippen LogP contribution in [0.25, 0.3) is 11.1 Å². The van der Waals surface area contributed by atoms with E-state index < -0.39 is 0 Å². The average Bonchev–Trinajstić information content (AvgIpc) is 2.65. The summed E-state index contributed by atoms with van der Waals surface area (Å²) in [5.74, 6) is -0.104. The van der Waals surface area contributed by atoms with Crippen LogP contribution in [0.5, 0.6) is 0 Å². The number of hydrogen-bond acceptors (Lipinski definition) is 3. The Morgan fingerprint density at radius 1 is 1.00 bits per heavy atom. The van der Waals surface area contributed by atoms with Crippen LogP contribution >= 0.6 is 0 Å². The zero-order valence-corrected chi connectivity index (χ0v) is 14.2. The molecule has 3 N–H and O–H groups in total. The highest BCUT2D eigenvalue weighted by Crippen LogP contribution is 2.30. The Bertz CT molecular complexity index is 875. The van der Waals surface area contributed by atoms with Gasteiger partial charge in [-0.2, -0.15) is 0 Å². The van der Waals surface area contributed by atoms with Gasteiger partial charge in [0.25, 0.3) is 5.91 Å². The zero-order chi connectivity index (χ0) is 17.6. The van der Waals surface area contributed by atoms with Crippen LogP contribution in [0.2, 0.25) is 0 Å². The summed E-state index contributed by atoms with van der Waals surface area (Å²) in [5.41, 5.74) is 11.2. The predicted molar refractivity (Wildman–Crippen MR) is 101 cm³/mol. The van der Waals surface area contributed by atoms with Crippen LogP contribution in [-0.4, -0.2) is 17.4 Å². The molecule has 25 heavy (non-hydrogen) atoms. The van der Waals surface area contributed by atoms with Gasteiger partial charge in [-0.05, 0) is 36.2 Å². The van der Waals surface area contributed by atoms with Crippen molar-refractivity contribution in [3.05, 3.63) is 83.7 Å². The summed E-state index contributed by atoms with van der Waals surface area (Å²) in [6.07, 6.45) is 2.45. The lowest BCUT2D eigenvalue weighted by atomic mass is 9.96. The first-order valence-electron chi connectivity index (χ1n) is 8.29. The third kappa shape index (κ3) is 3.86. The number of rotatable bonds is 5. The van der Waals surface area contributed by atoms with Gasteiger partial charge in [-0.25, -0.2) is 0 Å². The monoisotopic (exact) mass is 331 g/mol. The summed E-state index contributed by atoms with van der Waals surface area (Å²) >= 11 is 0. The van der Waals surface area contributed by atoms with Crippen LogP contribution in [0.4, 0.5) is 5.69 Å². The van der Waals surface area contributed by atoms with Crippen molar-refractivity contribution in [3.63, 3.8) is 0 Å². The third-order valence-corrected chi connectivity index (χ3v) is 4.18. The molecule has 4 heteroatoms. The minimum atomic E-state index is -0.104. The normalized spacial score (nSPS) is 10.4. The Morgan fingerprint density at radius 3 is 2.56 bits per heavy atom. The summed E-state index contributed by atoms with van der Waals surface area (Å²) in [6, 6.07) is 19.2. The zero-order valence-electron chi connectivity index (χ0n) is 14.2. The molecule has 3 rings (SSSR count). The van der Waals surface area contributed by atoms with Crippen LogP contribution in [0.15, 0.2) is 66.9 Å². The van der Waals surface area contributed by atoms with Gasteiger partial charge >= 0.3 is 0 Å². The van der Waals surface area contributed by atoms with E-state index in [0.717, 1.165) is 22.4 Å². The summed E-state index contributed by atoms with van der Waals surface area (Å²) in [5, 5.41) is 2.97. The minimum Gasteiger partial charge on any atom is -0.398 e. The van der Waals surface area contributed by atoms with E-state index in [2.05, 4.69) is 10.3 Å². The second kappa shape index (κ2) is 7.62. The van der Waals surface area contributed by atoms with Crippen molar-refractivity contribution in [3.8, 4) is 11.1 Å². The lowest BCUT2D eigenvalue weighted by Crippen LogP contribution is -2.26. The number of nitrogens with one attached hydrogen (secondary N) is 1. The van der Waals surface area contributed by atoms with Crippen molar-refractivity contribution in [2.75, 3.05) is 12.3 Å². The fourth-order valence-corrected chi connectivity index (χ4v) is 2.78. The molecule has 1 aromatic heterocycles. The van der Waals surface area contributed by atoms with Crippen molar-refractivity contribution in [2.24, 2.45) is 0 Å². The number of amides is 1. The molecule has 1 heterocycles. The Morgan fingerprint density at radius 2 is 1.76 bits per heavy atom. The van der Waals surface area contributed by atoms with E-state index in [4.69, 9.17) is 5.73 Å². The molecular formula is C21H21N3O. The van der Waals surface area contributed by atoms with Gasteiger partial charge in [-0.3, -0.25) is 9.78 Å². The van der Waals surface area contributed by atoms with Gasteiger partial charge in [0.2, 0.25) is 0 Å². The first kappa shape index (κ1) is 16.7. The van der Waals surface area contributed by atoms with E-state index in [9.17, 15) is 4.79 Å². The molecular weight excluding hydrogens is 310 g/mol. The number of aromatic nitrogens is 1. The topological polar surface area (TPSA) is 68.0 Å². The highest BCUT2D eigenvalue weighted by Gasteiger charge is 2.14. The second-order valence-electron chi connectivity index (χ2n) is 5.91. The molecule has 0 unspecified atom stereocenters. The van der Waals surface area contributed by atoms with Crippen molar-refractivity contribution in [1.29, 1.82) is 0 Å².